The van der Waals surface area contributed by atoms with Crippen molar-refractivity contribution >= 4 is 12.1 Å². The van der Waals surface area contributed by atoms with Crippen LogP contribution in [-0.2, 0) is 4.74 Å². The summed E-state index contributed by atoms with van der Waals surface area (Å²) in [4.78, 5) is 10.7. The lowest BCUT2D eigenvalue weighted by Gasteiger charge is -2.55. The van der Waals surface area contributed by atoms with Crippen molar-refractivity contribution in [2.24, 2.45) is 23.5 Å². The Balaban J connectivity index is 1.70. The molecule has 5 heteroatoms. The number of ether oxygens (including phenoxy) is 1. The molecule has 4 aliphatic carbocycles. The first-order valence-corrected chi connectivity index (χ1v) is 6.39. The highest BCUT2D eigenvalue weighted by atomic mass is 16.5. The van der Waals surface area contributed by atoms with E-state index in [2.05, 4.69) is 5.32 Å². The van der Waals surface area contributed by atoms with Gasteiger partial charge in [-0.05, 0) is 56.3 Å². The maximum atomic E-state index is 10.7. The number of amidine groups is 1. The lowest BCUT2D eigenvalue weighted by atomic mass is 9.54. The van der Waals surface area contributed by atoms with Gasteiger partial charge in [0.25, 0.3) is 6.02 Å². The van der Waals surface area contributed by atoms with Crippen LogP contribution in [0.2, 0.25) is 0 Å². The Morgan fingerprint density at radius 3 is 2.06 bits per heavy atom. The number of hydrogen-bond acceptors (Lipinski definition) is 3. The summed E-state index contributed by atoms with van der Waals surface area (Å²) in [6.45, 7) is 0. The third kappa shape index (κ3) is 1.98. The molecule has 17 heavy (non-hydrogen) atoms. The van der Waals surface area contributed by atoms with Crippen LogP contribution in [0.15, 0.2) is 0 Å². The minimum atomic E-state index is -0.722. The quantitative estimate of drug-likeness (QED) is 0.477. The van der Waals surface area contributed by atoms with Crippen molar-refractivity contribution in [3.8, 4) is 0 Å². The fourth-order valence-electron chi connectivity index (χ4n) is 4.51. The molecule has 4 fully saturated rings. The van der Waals surface area contributed by atoms with Gasteiger partial charge in [-0.15, -0.1) is 0 Å². The monoisotopic (exact) mass is 237 g/mol. The molecule has 94 valence electrons. The molecule has 0 spiro atoms. The first kappa shape index (κ1) is 10.9. The standard InChI is InChI=1S/C12H19N3O2/c13-10(16)15-11(14)17-12-4-7-1-8(5-12)3-9(2-7)6-12/h7-9H,1-6H2,(H4,13,14,15,16). The van der Waals surface area contributed by atoms with Gasteiger partial charge in [0.05, 0.1) is 0 Å². The Labute approximate surface area is 101 Å². The molecule has 4 rings (SSSR count). The number of nitrogens with one attached hydrogen (secondary N) is 2. The summed E-state index contributed by atoms with van der Waals surface area (Å²) in [7, 11) is 0. The van der Waals surface area contributed by atoms with Gasteiger partial charge in [0, 0.05) is 0 Å². The first-order valence-electron chi connectivity index (χ1n) is 6.39. The minimum absolute atomic E-state index is 0.181. The van der Waals surface area contributed by atoms with Crippen LogP contribution in [-0.4, -0.2) is 17.7 Å². The molecule has 5 nitrogen and oxygen atoms in total. The van der Waals surface area contributed by atoms with Crippen LogP contribution in [0.5, 0.6) is 0 Å². The Morgan fingerprint density at radius 1 is 1.18 bits per heavy atom. The van der Waals surface area contributed by atoms with E-state index >= 15 is 0 Å². The minimum Gasteiger partial charge on any atom is -0.458 e. The van der Waals surface area contributed by atoms with Crippen LogP contribution >= 0.6 is 0 Å². The van der Waals surface area contributed by atoms with Crippen LogP contribution in [0.25, 0.3) is 0 Å². The molecule has 4 aliphatic rings. The Hall–Kier alpha value is -1.26. The average molecular weight is 237 g/mol. The van der Waals surface area contributed by atoms with Crippen LogP contribution in [0.1, 0.15) is 38.5 Å². The smallest absolute Gasteiger partial charge is 0.320 e. The van der Waals surface area contributed by atoms with Gasteiger partial charge in [-0.25, -0.2) is 4.79 Å². The van der Waals surface area contributed by atoms with E-state index < -0.39 is 6.03 Å². The number of amides is 2. The van der Waals surface area contributed by atoms with E-state index in [1.807, 2.05) is 0 Å². The molecule has 0 aromatic rings. The molecule has 4 bridgehead atoms. The van der Waals surface area contributed by atoms with Gasteiger partial charge >= 0.3 is 6.03 Å². The predicted octanol–water partition coefficient (Wildman–Crippen LogP) is 1.57. The molecule has 0 aliphatic heterocycles. The summed E-state index contributed by atoms with van der Waals surface area (Å²) in [5, 5.41) is 9.84. The fourth-order valence-corrected chi connectivity index (χ4v) is 4.51. The van der Waals surface area contributed by atoms with Gasteiger partial charge in [-0.1, -0.05) is 0 Å². The second-order valence-corrected chi connectivity index (χ2v) is 6.02. The molecule has 0 radical (unpaired) electrons. The third-order valence-corrected chi connectivity index (χ3v) is 4.54. The van der Waals surface area contributed by atoms with E-state index in [1.54, 1.807) is 0 Å². The summed E-state index contributed by atoms with van der Waals surface area (Å²) in [6.07, 6.45) is 7.13. The number of urea groups is 1. The van der Waals surface area contributed by atoms with Crippen molar-refractivity contribution in [3.63, 3.8) is 0 Å². The van der Waals surface area contributed by atoms with Crippen molar-refractivity contribution in [1.82, 2.24) is 5.32 Å². The molecule has 0 aromatic carbocycles. The molecular weight excluding hydrogens is 218 g/mol. The maximum absolute atomic E-state index is 10.7. The van der Waals surface area contributed by atoms with Gasteiger partial charge in [0.15, 0.2) is 0 Å². The van der Waals surface area contributed by atoms with Crippen LogP contribution in [0.4, 0.5) is 4.79 Å². The largest absolute Gasteiger partial charge is 0.458 e. The van der Waals surface area contributed by atoms with Gasteiger partial charge in [0.2, 0.25) is 0 Å². The van der Waals surface area contributed by atoms with E-state index in [1.165, 1.54) is 19.3 Å². The number of rotatable bonds is 1. The zero-order valence-corrected chi connectivity index (χ0v) is 9.87. The summed E-state index contributed by atoms with van der Waals surface area (Å²) < 4.78 is 5.73. The second kappa shape index (κ2) is 3.62. The molecule has 0 saturated heterocycles. The zero-order valence-electron chi connectivity index (χ0n) is 9.87. The van der Waals surface area contributed by atoms with E-state index in [9.17, 15) is 4.79 Å². The van der Waals surface area contributed by atoms with E-state index in [4.69, 9.17) is 15.9 Å². The van der Waals surface area contributed by atoms with E-state index in [0.29, 0.717) is 0 Å². The predicted molar refractivity (Wildman–Crippen MR) is 62.4 cm³/mol. The van der Waals surface area contributed by atoms with E-state index in [0.717, 1.165) is 37.0 Å². The number of carbonyl (C=O) groups excluding carboxylic acids is 1. The molecular formula is C12H19N3O2. The van der Waals surface area contributed by atoms with Gasteiger partial charge in [0.1, 0.15) is 5.60 Å². The molecule has 2 amide bonds. The lowest BCUT2D eigenvalue weighted by Crippen LogP contribution is -2.54. The highest BCUT2D eigenvalue weighted by Gasteiger charge is 2.52. The van der Waals surface area contributed by atoms with Crippen molar-refractivity contribution in [2.75, 3.05) is 0 Å². The van der Waals surface area contributed by atoms with Crippen molar-refractivity contribution < 1.29 is 9.53 Å². The van der Waals surface area contributed by atoms with Crippen LogP contribution in [0, 0.1) is 23.2 Å². The molecule has 0 unspecified atom stereocenters. The van der Waals surface area contributed by atoms with Crippen molar-refractivity contribution in [3.05, 3.63) is 0 Å². The number of hydrogen-bond donors (Lipinski definition) is 3. The molecule has 4 saturated carbocycles. The van der Waals surface area contributed by atoms with Gasteiger partial charge in [-0.3, -0.25) is 10.7 Å². The number of carbonyl (C=O) groups is 1. The molecule has 0 aromatic heterocycles. The Bertz CT molecular complexity index is 331. The summed E-state index contributed by atoms with van der Waals surface area (Å²) in [5.74, 6) is 2.30. The molecule has 0 atom stereocenters. The topological polar surface area (TPSA) is 88.2 Å². The van der Waals surface area contributed by atoms with Crippen molar-refractivity contribution in [1.29, 1.82) is 5.41 Å². The highest BCUT2D eigenvalue weighted by molar-refractivity contribution is 5.90. The lowest BCUT2D eigenvalue weighted by molar-refractivity contribution is -0.116. The maximum Gasteiger partial charge on any atom is 0.320 e. The molecule has 4 N–H and O–H groups in total. The normalized spacial score (nSPS) is 42.2. The third-order valence-electron chi connectivity index (χ3n) is 4.54. The first-order chi connectivity index (χ1) is 8.05. The SMILES string of the molecule is N=C(NC(N)=O)OC12CC3CC(CC(C3)C1)C2. The second-order valence-electron chi connectivity index (χ2n) is 6.02. The van der Waals surface area contributed by atoms with Gasteiger partial charge in [-0.2, -0.15) is 0 Å². The summed E-state index contributed by atoms with van der Waals surface area (Å²) >= 11 is 0. The summed E-state index contributed by atoms with van der Waals surface area (Å²) in [6, 6.07) is -0.904. The number of nitrogens with two attached hydrogens (primary N) is 1. The average Bonchev–Trinajstić information content (AvgIpc) is 2.11. The Kier molecular flexibility index (Phi) is 2.31. The Morgan fingerprint density at radius 2 is 1.65 bits per heavy atom. The fraction of sp³-hybridized carbons (Fsp3) is 0.833. The van der Waals surface area contributed by atoms with Crippen molar-refractivity contribution in [2.45, 2.75) is 44.1 Å². The summed E-state index contributed by atoms with van der Waals surface area (Å²) in [5.41, 5.74) is 4.80. The van der Waals surface area contributed by atoms with Crippen LogP contribution in [0.3, 0.4) is 0 Å². The zero-order chi connectivity index (χ0) is 12.0. The highest BCUT2D eigenvalue weighted by Crippen LogP contribution is 2.57. The van der Waals surface area contributed by atoms with Gasteiger partial charge < -0.3 is 10.5 Å². The molecule has 0 heterocycles. The number of primary amides is 1. The van der Waals surface area contributed by atoms with E-state index in [-0.39, 0.29) is 11.6 Å². The van der Waals surface area contributed by atoms with Crippen LogP contribution < -0.4 is 11.1 Å².